The summed E-state index contributed by atoms with van der Waals surface area (Å²) < 4.78 is 5.12. The Balaban J connectivity index is 4.07. The number of ether oxygens (including phenoxy) is 1. The van der Waals surface area contributed by atoms with Gasteiger partial charge in [-0.2, -0.15) is 0 Å². The molecule has 4 nitrogen and oxygen atoms in total. The molecule has 0 saturated carbocycles. The van der Waals surface area contributed by atoms with Crippen molar-refractivity contribution in [1.82, 2.24) is 5.32 Å². The maximum Gasteiger partial charge on any atom is 0.407 e. The molecule has 0 aliphatic rings. The zero-order chi connectivity index (χ0) is 12.8. The van der Waals surface area contributed by atoms with Crippen molar-refractivity contribution in [2.45, 2.75) is 59.1 Å². The molecule has 0 heterocycles. The largest absolute Gasteiger partial charge is 0.444 e. The van der Waals surface area contributed by atoms with E-state index < -0.39 is 11.7 Å². The number of carbonyl (C=O) groups is 1. The molecule has 0 spiro atoms. The lowest BCUT2D eigenvalue weighted by atomic mass is 10.00. The zero-order valence-electron chi connectivity index (χ0n) is 11.0. The molecule has 0 aliphatic heterocycles. The number of rotatable bonds is 5. The molecular formula is C12H25NO3. The lowest BCUT2D eigenvalue weighted by Crippen LogP contribution is -2.41. The van der Waals surface area contributed by atoms with Crippen LogP contribution in [-0.4, -0.2) is 29.4 Å². The summed E-state index contributed by atoms with van der Waals surface area (Å²) in [5.74, 6) is 0.479. The van der Waals surface area contributed by atoms with Gasteiger partial charge in [0, 0.05) is 0 Å². The Bertz CT molecular complexity index is 211. The first-order valence-corrected chi connectivity index (χ1v) is 5.88. The third-order valence-electron chi connectivity index (χ3n) is 2.33. The molecule has 0 radical (unpaired) electrons. The molecule has 0 aromatic rings. The van der Waals surface area contributed by atoms with Crippen LogP contribution < -0.4 is 5.32 Å². The van der Waals surface area contributed by atoms with E-state index in [1.807, 2.05) is 20.8 Å². The van der Waals surface area contributed by atoms with Gasteiger partial charge in [-0.05, 0) is 33.1 Å². The van der Waals surface area contributed by atoms with E-state index in [1.54, 1.807) is 0 Å². The van der Waals surface area contributed by atoms with Crippen LogP contribution in [0.3, 0.4) is 0 Å². The number of amides is 1. The number of aliphatic hydroxyl groups is 1. The summed E-state index contributed by atoms with van der Waals surface area (Å²) in [4.78, 5) is 11.5. The minimum absolute atomic E-state index is 0.0520. The van der Waals surface area contributed by atoms with Gasteiger partial charge in [-0.1, -0.05) is 20.3 Å². The Morgan fingerprint density at radius 2 is 2.00 bits per heavy atom. The molecule has 0 fully saturated rings. The van der Waals surface area contributed by atoms with Crippen LogP contribution in [0.1, 0.15) is 47.5 Å². The summed E-state index contributed by atoms with van der Waals surface area (Å²) in [7, 11) is 0. The van der Waals surface area contributed by atoms with Crippen molar-refractivity contribution in [3.05, 3.63) is 0 Å². The molecule has 2 atom stereocenters. The molecule has 0 aliphatic carbocycles. The van der Waals surface area contributed by atoms with E-state index in [2.05, 4.69) is 19.2 Å². The maximum atomic E-state index is 11.5. The van der Waals surface area contributed by atoms with Crippen LogP contribution in [-0.2, 0) is 4.74 Å². The molecule has 1 amide bonds. The fraction of sp³-hybridized carbons (Fsp3) is 0.917. The van der Waals surface area contributed by atoms with Crippen molar-refractivity contribution in [2.75, 3.05) is 6.61 Å². The Hall–Kier alpha value is -0.770. The van der Waals surface area contributed by atoms with Gasteiger partial charge in [-0.15, -0.1) is 0 Å². The van der Waals surface area contributed by atoms with Gasteiger partial charge in [0.1, 0.15) is 5.60 Å². The molecule has 16 heavy (non-hydrogen) atoms. The SMILES string of the molecule is CCC(C)CC(CO)NC(=O)OC(C)(C)C. The van der Waals surface area contributed by atoms with Crippen LogP contribution in [0, 0.1) is 5.92 Å². The lowest BCUT2D eigenvalue weighted by Gasteiger charge is -2.24. The number of nitrogens with one attached hydrogen (secondary N) is 1. The second-order valence-corrected chi connectivity index (χ2v) is 5.27. The molecule has 2 unspecified atom stereocenters. The van der Waals surface area contributed by atoms with Crippen molar-refractivity contribution in [1.29, 1.82) is 0 Å². The quantitative estimate of drug-likeness (QED) is 0.763. The number of alkyl carbamates (subject to hydrolysis) is 1. The predicted octanol–water partition coefficient (Wildman–Crippen LogP) is 2.31. The van der Waals surface area contributed by atoms with Crippen molar-refractivity contribution in [3.8, 4) is 0 Å². The van der Waals surface area contributed by atoms with Crippen LogP contribution in [0.2, 0.25) is 0 Å². The molecule has 0 aromatic carbocycles. The molecule has 96 valence electrons. The summed E-state index contributed by atoms with van der Waals surface area (Å²) >= 11 is 0. The first-order chi connectivity index (χ1) is 7.28. The van der Waals surface area contributed by atoms with Crippen LogP contribution >= 0.6 is 0 Å². The summed E-state index contributed by atoms with van der Waals surface area (Å²) in [6, 6.07) is -0.218. The average Bonchev–Trinajstić information content (AvgIpc) is 2.13. The van der Waals surface area contributed by atoms with Gasteiger partial charge in [-0.25, -0.2) is 4.79 Å². The first kappa shape index (κ1) is 15.2. The molecule has 0 bridgehead atoms. The van der Waals surface area contributed by atoms with E-state index in [4.69, 9.17) is 9.84 Å². The molecule has 0 aromatic heterocycles. The van der Waals surface area contributed by atoms with E-state index in [0.29, 0.717) is 5.92 Å². The Morgan fingerprint density at radius 3 is 2.38 bits per heavy atom. The van der Waals surface area contributed by atoms with Crippen LogP contribution in [0.4, 0.5) is 4.79 Å². The monoisotopic (exact) mass is 231 g/mol. The highest BCUT2D eigenvalue weighted by molar-refractivity contribution is 5.68. The maximum absolute atomic E-state index is 11.5. The van der Waals surface area contributed by atoms with Gasteiger partial charge in [-0.3, -0.25) is 0 Å². The van der Waals surface area contributed by atoms with Gasteiger partial charge >= 0.3 is 6.09 Å². The minimum Gasteiger partial charge on any atom is -0.444 e. The topological polar surface area (TPSA) is 58.6 Å². The number of hydrogen-bond acceptors (Lipinski definition) is 3. The van der Waals surface area contributed by atoms with E-state index in [-0.39, 0.29) is 12.6 Å². The average molecular weight is 231 g/mol. The van der Waals surface area contributed by atoms with E-state index in [0.717, 1.165) is 12.8 Å². The van der Waals surface area contributed by atoms with E-state index in [9.17, 15) is 4.79 Å². The van der Waals surface area contributed by atoms with Crippen LogP contribution in [0.5, 0.6) is 0 Å². The van der Waals surface area contributed by atoms with Gasteiger partial charge in [0.2, 0.25) is 0 Å². The Morgan fingerprint density at radius 1 is 1.44 bits per heavy atom. The smallest absolute Gasteiger partial charge is 0.407 e. The summed E-state index contributed by atoms with van der Waals surface area (Å²) in [5.41, 5.74) is -0.500. The van der Waals surface area contributed by atoms with Crippen molar-refractivity contribution < 1.29 is 14.6 Å². The Kier molecular flexibility index (Phi) is 6.41. The van der Waals surface area contributed by atoms with E-state index >= 15 is 0 Å². The van der Waals surface area contributed by atoms with Crippen LogP contribution in [0.15, 0.2) is 0 Å². The molecule has 0 saturated heterocycles. The van der Waals surface area contributed by atoms with Crippen molar-refractivity contribution in [2.24, 2.45) is 5.92 Å². The first-order valence-electron chi connectivity index (χ1n) is 5.88. The molecule has 0 rings (SSSR count). The third-order valence-corrected chi connectivity index (χ3v) is 2.33. The predicted molar refractivity (Wildman–Crippen MR) is 64.3 cm³/mol. The highest BCUT2D eigenvalue weighted by atomic mass is 16.6. The fourth-order valence-electron chi connectivity index (χ4n) is 1.31. The lowest BCUT2D eigenvalue weighted by molar-refractivity contribution is 0.0473. The minimum atomic E-state index is -0.500. The highest BCUT2D eigenvalue weighted by Gasteiger charge is 2.19. The summed E-state index contributed by atoms with van der Waals surface area (Å²) in [6.45, 7) is 9.58. The molecule has 4 heteroatoms. The van der Waals surface area contributed by atoms with Crippen molar-refractivity contribution >= 4 is 6.09 Å². The van der Waals surface area contributed by atoms with Gasteiger partial charge in [0.25, 0.3) is 0 Å². The Labute approximate surface area is 98.4 Å². The number of hydrogen-bond donors (Lipinski definition) is 2. The van der Waals surface area contributed by atoms with Gasteiger partial charge in [0.05, 0.1) is 12.6 Å². The zero-order valence-corrected chi connectivity index (χ0v) is 11.0. The second kappa shape index (κ2) is 6.74. The van der Waals surface area contributed by atoms with Gasteiger partial charge < -0.3 is 15.2 Å². The highest BCUT2D eigenvalue weighted by Crippen LogP contribution is 2.11. The number of carbonyl (C=O) groups excluding carboxylic acids is 1. The molecular weight excluding hydrogens is 206 g/mol. The summed E-state index contributed by atoms with van der Waals surface area (Å²) in [5, 5.41) is 11.8. The summed E-state index contributed by atoms with van der Waals surface area (Å²) in [6.07, 6.45) is 1.34. The second-order valence-electron chi connectivity index (χ2n) is 5.27. The van der Waals surface area contributed by atoms with Gasteiger partial charge in [0.15, 0.2) is 0 Å². The fourth-order valence-corrected chi connectivity index (χ4v) is 1.31. The standard InChI is InChI=1S/C12H25NO3/c1-6-9(2)7-10(8-14)13-11(15)16-12(3,4)5/h9-10,14H,6-8H2,1-5H3,(H,13,15). The van der Waals surface area contributed by atoms with E-state index in [1.165, 1.54) is 0 Å². The number of aliphatic hydroxyl groups excluding tert-OH is 1. The molecule has 2 N–H and O–H groups in total. The third kappa shape index (κ3) is 7.51. The normalized spacial score (nSPS) is 15.4. The van der Waals surface area contributed by atoms with Crippen molar-refractivity contribution in [3.63, 3.8) is 0 Å². The van der Waals surface area contributed by atoms with Crippen LogP contribution in [0.25, 0.3) is 0 Å².